The van der Waals surface area contributed by atoms with Crippen LogP contribution in [0.15, 0.2) is 42.5 Å². The molecular formula is C13H8ClIN2S. The average Bonchev–Trinajstić information content (AvgIpc) is 2.73. The minimum absolute atomic E-state index is 0.736. The van der Waals surface area contributed by atoms with Gasteiger partial charge in [-0.2, -0.15) is 0 Å². The van der Waals surface area contributed by atoms with Gasteiger partial charge in [-0.25, -0.2) is 4.98 Å². The lowest BCUT2D eigenvalue weighted by molar-refractivity contribution is 1.44. The zero-order valence-electron chi connectivity index (χ0n) is 9.15. The number of nitrogens with one attached hydrogen (secondary N) is 1. The van der Waals surface area contributed by atoms with Crippen LogP contribution < -0.4 is 5.32 Å². The SMILES string of the molecule is Clc1ccc(Nc2nc3ccc(I)cc3s2)cc1. The Bertz CT molecular complexity index is 694. The summed E-state index contributed by atoms with van der Waals surface area (Å²) in [5, 5.41) is 4.92. The van der Waals surface area contributed by atoms with E-state index >= 15 is 0 Å². The van der Waals surface area contributed by atoms with Crippen LogP contribution in [-0.2, 0) is 0 Å². The zero-order chi connectivity index (χ0) is 12.5. The second kappa shape index (κ2) is 5.03. The molecule has 0 aliphatic carbocycles. The summed E-state index contributed by atoms with van der Waals surface area (Å²) in [4.78, 5) is 4.54. The van der Waals surface area contributed by atoms with Gasteiger partial charge in [-0.3, -0.25) is 0 Å². The van der Waals surface area contributed by atoms with E-state index in [1.807, 2.05) is 30.3 Å². The van der Waals surface area contributed by atoms with E-state index in [2.05, 4.69) is 45.0 Å². The fourth-order valence-corrected chi connectivity index (χ4v) is 3.36. The lowest BCUT2D eigenvalue weighted by Gasteiger charge is -2.01. The first kappa shape index (κ1) is 12.2. The maximum Gasteiger partial charge on any atom is 0.188 e. The summed E-state index contributed by atoms with van der Waals surface area (Å²) in [6.45, 7) is 0. The maximum atomic E-state index is 5.85. The molecule has 0 radical (unpaired) electrons. The normalized spacial score (nSPS) is 10.8. The van der Waals surface area contributed by atoms with Gasteiger partial charge in [0.05, 0.1) is 10.2 Å². The van der Waals surface area contributed by atoms with E-state index in [9.17, 15) is 0 Å². The van der Waals surface area contributed by atoms with Gasteiger partial charge in [-0.05, 0) is 65.1 Å². The van der Waals surface area contributed by atoms with Crippen LogP contribution in [0.1, 0.15) is 0 Å². The van der Waals surface area contributed by atoms with Crippen LogP contribution in [0.2, 0.25) is 5.02 Å². The molecule has 0 saturated carbocycles. The number of aromatic nitrogens is 1. The largest absolute Gasteiger partial charge is 0.332 e. The summed E-state index contributed by atoms with van der Waals surface area (Å²) in [5.41, 5.74) is 2.02. The van der Waals surface area contributed by atoms with Gasteiger partial charge in [-0.15, -0.1) is 0 Å². The summed E-state index contributed by atoms with van der Waals surface area (Å²) < 4.78 is 2.42. The van der Waals surface area contributed by atoms with Crippen LogP contribution in [0.3, 0.4) is 0 Å². The molecule has 1 aromatic heterocycles. The van der Waals surface area contributed by atoms with Crippen LogP contribution >= 0.6 is 45.5 Å². The Labute approximate surface area is 127 Å². The standard InChI is InChI=1S/C13H8ClIN2S/c14-8-1-4-10(5-2-8)16-13-17-11-6-3-9(15)7-12(11)18-13/h1-7H,(H,16,17). The third-order valence-electron chi connectivity index (χ3n) is 2.45. The molecule has 0 spiro atoms. The molecule has 90 valence electrons. The Balaban J connectivity index is 1.92. The quantitative estimate of drug-likeness (QED) is 0.605. The van der Waals surface area contributed by atoms with Crippen LogP contribution in [0.5, 0.6) is 0 Å². The molecule has 0 unspecified atom stereocenters. The van der Waals surface area contributed by atoms with E-state index in [1.54, 1.807) is 11.3 Å². The number of fused-ring (bicyclic) bond motifs is 1. The monoisotopic (exact) mass is 386 g/mol. The summed E-state index contributed by atoms with van der Waals surface area (Å²) in [5.74, 6) is 0. The fraction of sp³-hybridized carbons (Fsp3) is 0. The molecule has 0 fully saturated rings. The first-order chi connectivity index (χ1) is 8.70. The van der Waals surface area contributed by atoms with Crippen molar-refractivity contribution >= 4 is 66.6 Å². The van der Waals surface area contributed by atoms with Crippen molar-refractivity contribution in [3.8, 4) is 0 Å². The van der Waals surface area contributed by atoms with Crippen molar-refractivity contribution in [2.45, 2.75) is 0 Å². The number of halogens is 2. The van der Waals surface area contributed by atoms with Gasteiger partial charge in [-0.1, -0.05) is 22.9 Å². The zero-order valence-corrected chi connectivity index (χ0v) is 12.9. The van der Waals surface area contributed by atoms with E-state index in [1.165, 1.54) is 8.27 Å². The summed E-state index contributed by atoms with van der Waals surface area (Å²) in [7, 11) is 0. The number of anilines is 2. The lowest BCUT2D eigenvalue weighted by atomic mass is 10.3. The molecule has 0 saturated heterocycles. The van der Waals surface area contributed by atoms with Crippen molar-refractivity contribution < 1.29 is 0 Å². The van der Waals surface area contributed by atoms with Gasteiger partial charge in [0.1, 0.15) is 0 Å². The number of rotatable bonds is 2. The Morgan fingerprint density at radius 1 is 1.11 bits per heavy atom. The average molecular weight is 387 g/mol. The molecule has 5 heteroatoms. The summed E-state index contributed by atoms with van der Waals surface area (Å²) >= 11 is 9.81. The smallest absolute Gasteiger partial charge is 0.188 e. The van der Waals surface area contributed by atoms with Crippen LogP contribution in [-0.4, -0.2) is 4.98 Å². The topological polar surface area (TPSA) is 24.9 Å². The predicted molar refractivity (Wildman–Crippen MR) is 87.1 cm³/mol. The minimum atomic E-state index is 0.736. The van der Waals surface area contributed by atoms with Gasteiger partial charge >= 0.3 is 0 Å². The number of hydrogen-bond donors (Lipinski definition) is 1. The van der Waals surface area contributed by atoms with Crippen molar-refractivity contribution in [1.82, 2.24) is 4.98 Å². The predicted octanol–water partition coefficient (Wildman–Crippen LogP) is 5.30. The third kappa shape index (κ3) is 2.60. The molecule has 0 aliphatic rings. The summed E-state index contributed by atoms with van der Waals surface area (Å²) in [6, 6.07) is 13.9. The van der Waals surface area contributed by atoms with Gasteiger partial charge in [0.15, 0.2) is 5.13 Å². The van der Waals surface area contributed by atoms with E-state index in [4.69, 9.17) is 11.6 Å². The molecule has 1 heterocycles. The third-order valence-corrected chi connectivity index (χ3v) is 4.30. The highest BCUT2D eigenvalue weighted by Crippen LogP contribution is 2.29. The molecule has 3 rings (SSSR count). The fourth-order valence-electron chi connectivity index (χ4n) is 1.61. The van der Waals surface area contributed by atoms with Crippen molar-refractivity contribution in [2.24, 2.45) is 0 Å². The molecular weight excluding hydrogens is 379 g/mol. The minimum Gasteiger partial charge on any atom is -0.332 e. The van der Waals surface area contributed by atoms with E-state index < -0.39 is 0 Å². The van der Waals surface area contributed by atoms with Crippen molar-refractivity contribution in [2.75, 3.05) is 5.32 Å². The molecule has 0 atom stereocenters. The Kier molecular flexibility index (Phi) is 3.41. The van der Waals surface area contributed by atoms with Gasteiger partial charge in [0.25, 0.3) is 0 Å². The second-order valence-electron chi connectivity index (χ2n) is 3.76. The van der Waals surface area contributed by atoms with Crippen LogP contribution in [0.25, 0.3) is 10.2 Å². The Morgan fingerprint density at radius 3 is 2.67 bits per heavy atom. The number of benzene rings is 2. The van der Waals surface area contributed by atoms with E-state index in [0.29, 0.717) is 0 Å². The molecule has 0 bridgehead atoms. The first-order valence-electron chi connectivity index (χ1n) is 5.29. The molecule has 0 aliphatic heterocycles. The van der Waals surface area contributed by atoms with Crippen LogP contribution in [0, 0.1) is 3.57 Å². The van der Waals surface area contributed by atoms with Gasteiger partial charge < -0.3 is 5.32 Å². The number of nitrogens with zero attached hydrogens (tertiary/aromatic N) is 1. The molecule has 0 amide bonds. The number of hydrogen-bond acceptors (Lipinski definition) is 3. The highest BCUT2D eigenvalue weighted by Gasteiger charge is 2.04. The molecule has 18 heavy (non-hydrogen) atoms. The Morgan fingerprint density at radius 2 is 1.89 bits per heavy atom. The van der Waals surface area contributed by atoms with Crippen molar-refractivity contribution in [3.63, 3.8) is 0 Å². The van der Waals surface area contributed by atoms with Crippen molar-refractivity contribution in [1.29, 1.82) is 0 Å². The summed E-state index contributed by atoms with van der Waals surface area (Å²) in [6.07, 6.45) is 0. The Hall–Kier alpha value is -0.850. The highest BCUT2D eigenvalue weighted by molar-refractivity contribution is 14.1. The lowest BCUT2D eigenvalue weighted by Crippen LogP contribution is -1.87. The van der Waals surface area contributed by atoms with Gasteiger partial charge in [0, 0.05) is 14.3 Å². The highest BCUT2D eigenvalue weighted by atomic mass is 127. The maximum absolute atomic E-state index is 5.85. The van der Waals surface area contributed by atoms with Crippen molar-refractivity contribution in [3.05, 3.63) is 51.1 Å². The second-order valence-corrected chi connectivity index (χ2v) is 6.48. The van der Waals surface area contributed by atoms with Gasteiger partial charge in [0.2, 0.25) is 0 Å². The molecule has 2 nitrogen and oxygen atoms in total. The molecule has 1 N–H and O–H groups in total. The first-order valence-corrected chi connectivity index (χ1v) is 7.57. The van der Waals surface area contributed by atoms with Crippen LogP contribution in [0.4, 0.5) is 10.8 Å². The molecule has 3 aromatic rings. The van der Waals surface area contributed by atoms with E-state index in [0.717, 1.165) is 21.4 Å². The number of thiazole rings is 1. The molecule has 2 aromatic carbocycles. The van der Waals surface area contributed by atoms with E-state index in [-0.39, 0.29) is 0 Å².